The molecule has 3 aromatic rings. The fourth-order valence-electron chi connectivity index (χ4n) is 2.33. The van der Waals surface area contributed by atoms with Crippen molar-refractivity contribution >= 4 is 27.5 Å². The molecule has 1 N–H and O–H groups in total. The molecule has 0 unspecified atom stereocenters. The van der Waals surface area contributed by atoms with Gasteiger partial charge >= 0.3 is 0 Å². The van der Waals surface area contributed by atoms with Crippen LogP contribution in [0.2, 0.25) is 0 Å². The third kappa shape index (κ3) is 4.67. The Labute approximate surface area is 153 Å². The molecule has 0 saturated heterocycles. The Bertz CT molecular complexity index is 884. The van der Waals surface area contributed by atoms with E-state index in [4.69, 9.17) is 4.74 Å². The fraction of sp³-hybridized carbons (Fsp3) is 0.0500. The summed E-state index contributed by atoms with van der Waals surface area (Å²) < 4.78 is 19.4. The second-order valence-electron chi connectivity index (χ2n) is 5.36. The zero-order chi connectivity index (χ0) is 17.6. The van der Waals surface area contributed by atoms with Gasteiger partial charge in [-0.15, -0.1) is 0 Å². The minimum atomic E-state index is -0.405. The van der Waals surface area contributed by atoms with Crippen molar-refractivity contribution in [2.45, 2.75) is 0 Å². The molecule has 3 rings (SSSR count). The minimum Gasteiger partial charge on any atom is -0.483 e. The van der Waals surface area contributed by atoms with Crippen LogP contribution in [-0.4, -0.2) is 12.5 Å². The van der Waals surface area contributed by atoms with Gasteiger partial charge in [-0.2, -0.15) is 0 Å². The molecule has 3 aromatic carbocycles. The van der Waals surface area contributed by atoms with Gasteiger partial charge in [0.1, 0.15) is 11.6 Å². The van der Waals surface area contributed by atoms with E-state index in [9.17, 15) is 9.18 Å². The summed E-state index contributed by atoms with van der Waals surface area (Å²) in [4.78, 5) is 11.9. The molecule has 1 amide bonds. The van der Waals surface area contributed by atoms with Crippen LogP contribution >= 0.6 is 15.9 Å². The lowest BCUT2D eigenvalue weighted by atomic mass is 10.1. The molecule has 0 aliphatic carbocycles. The molecular weight excluding hydrogens is 385 g/mol. The zero-order valence-electron chi connectivity index (χ0n) is 13.2. The number of anilines is 1. The number of hydrogen-bond donors (Lipinski definition) is 1. The number of rotatable bonds is 5. The van der Waals surface area contributed by atoms with Crippen molar-refractivity contribution in [3.8, 4) is 16.9 Å². The zero-order valence-corrected chi connectivity index (χ0v) is 14.8. The Balaban J connectivity index is 1.62. The number of carbonyl (C=O) groups excluding carboxylic acids is 1. The summed E-state index contributed by atoms with van der Waals surface area (Å²) in [5, 5.41) is 2.59. The van der Waals surface area contributed by atoms with E-state index in [0.717, 1.165) is 15.6 Å². The topological polar surface area (TPSA) is 38.3 Å². The van der Waals surface area contributed by atoms with Crippen LogP contribution in [0.15, 0.2) is 77.3 Å². The van der Waals surface area contributed by atoms with Crippen molar-refractivity contribution in [2.75, 3.05) is 11.9 Å². The third-order valence-corrected chi connectivity index (χ3v) is 4.13. The Kier molecular flexibility index (Phi) is 5.46. The van der Waals surface area contributed by atoms with Gasteiger partial charge in [0.15, 0.2) is 6.61 Å². The standard InChI is InChI=1S/C20H15BrFNO2/c21-18-11-15(14-5-2-1-3-6-14)9-10-19(18)25-13-20(24)23-17-8-4-7-16(22)12-17/h1-12H,13H2,(H,23,24). The molecule has 126 valence electrons. The summed E-state index contributed by atoms with van der Waals surface area (Å²) in [5.41, 5.74) is 2.54. The van der Waals surface area contributed by atoms with Gasteiger partial charge in [-0.25, -0.2) is 4.39 Å². The maximum atomic E-state index is 13.1. The monoisotopic (exact) mass is 399 g/mol. The van der Waals surface area contributed by atoms with Gasteiger partial charge < -0.3 is 10.1 Å². The molecule has 25 heavy (non-hydrogen) atoms. The van der Waals surface area contributed by atoms with E-state index in [-0.39, 0.29) is 12.5 Å². The van der Waals surface area contributed by atoms with E-state index in [2.05, 4.69) is 21.2 Å². The lowest BCUT2D eigenvalue weighted by Gasteiger charge is -2.10. The van der Waals surface area contributed by atoms with Crippen LogP contribution in [0.25, 0.3) is 11.1 Å². The lowest BCUT2D eigenvalue weighted by Crippen LogP contribution is -2.20. The molecule has 0 heterocycles. The molecule has 0 fully saturated rings. The molecule has 3 nitrogen and oxygen atoms in total. The van der Waals surface area contributed by atoms with Crippen molar-refractivity contribution in [1.29, 1.82) is 0 Å². The fourth-order valence-corrected chi connectivity index (χ4v) is 2.83. The van der Waals surface area contributed by atoms with Crippen LogP contribution in [0.5, 0.6) is 5.75 Å². The average molecular weight is 400 g/mol. The summed E-state index contributed by atoms with van der Waals surface area (Å²) >= 11 is 3.46. The summed E-state index contributed by atoms with van der Waals surface area (Å²) in [6, 6.07) is 21.4. The second kappa shape index (κ2) is 7.94. The SMILES string of the molecule is O=C(COc1ccc(-c2ccccc2)cc1Br)Nc1cccc(F)c1. The van der Waals surface area contributed by atoms with Crippen molar-refractivity contribution < 1.29 is 13.9 Å². The van der Waals surface area contributed by atoms with Gasteiger partial charge in [0, 0.05) is 5.69 Å². The Morgan fingerprint density at radius 2 is 1.76 bits per heavy atom. The van der Waals surface area contributed by atoms with Crippen LogP contribution < -0.4 is 10.1 Å². The first-order valence-electron chi connectivity index (χ1n) is 7.65. The highest BCUT2D eigenvalue weighted by molar-refractivity contribution is 9.10. The third-order valence-electron chi connectivity index (χ3n) is 3.51. The minimum absolute atomic E-state index is 0.167. The first-order valence-corrected chi connectivity index (χ1v) is 8.44. The van der Waals surface area contributed by atoms with Gasteiger partial charge in [0.05, 0.1) is 4.47 Å². The van der Waals surface area contributed by atoms with Crippen LogP contribution in [0.1, 0.15) is 0 Å². The molecule has 0 aromatic heterocycles. The summed E-state index contributed by atoms with van der Waals surface area (Å²) in [5.74, 6) is -0.198. The number of ether oxygens (including phenoxy) is 1. The first-order chi connectivity index (χ1) is 12.1. The number of benzene rings is 3. The molecule has 0 saturated carbocycles. The summed E-state index contributed by atoms with van der Waals surface area (Å²) in [6.07, 6.45) is 0. The Morgan fingerprint density at radius 3 is 2.48 bits per heavy atom. The number of amides is 1. The van der Waals surface area contributed by atoms with Gasteiger partial charge in [0.2, 0.25) is 0 Å². The molecule has 0 atom stereocenters. The quantitative estimate of drug-likeness (QED) is 0.634. The molecule has 0 radical (unpaired) electrons. The maximum Gasteiger partial charge on any atom is 0.262 e. The van der Waals surface area contributed by atoms with E-state index in [0.29, 0.717) is 11.4 Å². The van der Waals surface area contributed by atoms with Crippen LogP contribution in [0.4, 0.5) is 10.1 Å². The number of nitrogens with one attached hydrogen (secondary N) is 1. The number of carbonyl (C=O) groups is 1. The van der Waals surface area contributed by atoms with E-state index in [1.807, 2.05) is 48.5 Å². The maximum absolute atomic E-state index is 13.1. The first kappa shape index (κ1) is 17.2. The summed E-state index contributed by atoms with van der Waals surface area (Å²) in [6.45, 7) is -0.167. The van der Waals surface area contributed by atoms with Crippen molar-refractivity contribution in [1.82, 2.24) is 0 Å². The predicted molar refractivity (Wildman–Crippen MR) is 100 cm³/mol. The molecule has 0 spiro atoms. The molecule has 5 heteroatoms. The van der Waals surface area contributed by atoms with Gasteiger partial charge in [0.25, 0.3) is 5.91 Å². The predicted octanol–water partition coefficient (Wildman–Crippen LogP) is 5.27. The highest BCUT2D eigenvalue weighted by atomic mass is 79.9. The van der Waals surface area contributed by atoms with E-state index in [1.165, 1.54) is 18.2 Å². The van der Waals surface area contributed by atoms with Crippen molar-refractivity contribution in [3.63, 3.8) is 0 Å². The molecular formula is C20H15BrFNO2. The largest absolute Gasteiger partial charge is 0.483 e. The second-order valence-corrected chi connectivity index (χ2v) is 6.21. The number of hydrogen-bond acceptors (Lipinski definition) is 2. The highest BCUT2D eigenvalue weighted by Crippen LogP contribution is 2.30. The van der Waals surface area contributed by atoms with Crippen molar-refractivity contribution in [2.24, 2.45) is 0 Å². The van der Waals surface area contributed by atoms with Gasteiger partial charge in [-0.1, -0.05) is 42.5 Å². The van der Waals surface area contributed by atoms with Crippen LogP contribution in [-0.2, 0) is 4.79 Å². The van der Waals surface area contributed by atoms with Gasteiger partial charge in [-0.3, -0.25) is 4.79 Å². The van der Waals surface area contributed by atoms with Crippen LogP contribution in [0, 0.1) is 5.82 Å². The highest BCUT2D eigenvalue weighted by Gasteiger charge is 2.08. The molecule has 0 aliphatic rings. The van der Waals surface area contributed by atoms with Crippen molar-refractivity contribution in [3.05, 3.63) is 83.1 Å². The van der Waals surface area contributed by atoms with E-state index >= 15 is 0 Å². The normalized spacial score (nSPS) is 10.3. The van der Waals surface area contributed by atoms with E-state index < -0.39 is 5.82 Å². The van der Waals surface area contributed by atoms with E-state index in [1.54, 1.807) is 6.07 Å². The lowest BCUT2D eigenvalue weighted by molar-refractivity contribution is -0.118. The molecule has 0 bridgehead atoms. The average Bonchev–Trinajstić information content (AvgIpc) is 2.61. The Morgan fingerprint density at radius 1 is 0.960 bits per heavy atom. The Hall–Kier alpha value is -2.66. The number of halogens is 2. The van der Waals surface area contributed by atoms with Crippen LogP contribution in [0.3, 0.4) is 0 Å². The summed E-state index contributed by atoms with van der Waals surface area (Å²) in [7, 11) is 0. The smallest absolute Gasteiger partial charge is 0.262 e. The van der Waals surface area contributed by atoms with Gasteiger partial charge in [-0.05, 0) is 57.4 Å². The molecule has 0 aliphatic heterocycles.